The number of benzene rings is 2. The molecule has 0 saturated heterocycles. The summed E-state index contributed by atoms with van der Waals surface area (Å²) in [5, 5.41) is 20.2. The van der Waals surface area contributed by atoms with Crippen molar-refractivity contribution in [2.45, 2.75) is 19.7 Å². The molecule has 2 aromatic carbocycles. The maximum absolute atomic E-state index is 13.0. The molecule has 0 spiro atoms. The van der Waals surface area contributed by atoms with Crippen LogP contribution >= 0.6 is 0 Å². The second-order valence-electron chi connectivity index (χ2n) is 5.12. The lowest BCUT2D eigenvalue weighted by molar-refractivity contribution is -0.138. The van der Waals surface area contributed by atoms with Crippen LogP contribution in [0.4, 0.5) is 18.9 Å². The van der Waals surface area contributed by atoms with Crippen LogP contribution in [0, 0.1) is 18.3 Å². The Morgan fingerprint density at radius 3 is 2.50 bits per heavy atom. The number of hydrogen-bond acceptors (Lipinski definition) is 3. The Balaban J connectivity index is 2.31. The average molecular weight is 334 g/mol. The summed E-state index contributed by atoms with van der Waals surface area (Å²) < 4.78 is 38.9. The lowest BCUT2D eigenvalue weighted by Gasteiger charge is -2.14. The van der Waals surface area contributed by atoms with Gasteiger partial charge in [-0.15, -0.1) is 0 Å². The SMILES string of the molecule is Cc1cc(C#N)ccc1C(=O)Nc1ccc(CO)c(C(F)(F)F)c1. The van der Waals surface area contributed by atoms with Crippen molar-refractivity contribution in [2.24, 2.45) is 0 Å². The van der Waals surface area contributed by atoms with Gasteiger partial charge in [-0.25, -0.2) is 0 Å². The molecule has 0 heterocycles. The highest BCUT2D eigenvalue weighted by Gasteiger charge is 2.33. The Labute approximate surface area is 136 Å². The molecule has 24 heavy (non-hydrogen) atoms. The van der Waals surface area contributed by atoms with Crippen molar-refractivity contribution in [1.29, 1.82) is 5.26 Å². The molecule has 0 aliphatic rings. The molecule has 0 radical (unpaired) electrons. The first kappa shape index (κ1) is 17.5. The molecule has 4 nitrogen and oxygen atoms in total. The fourth-order valence-corrected chi connectivity index (χ4v) is 2.24. The van der Waals surface area contributed by atoms with E-state index < -0.39 is 24.3 Å². The number of alkyl halides is 3. The Kier molecular flexibility index (Phi) is 4.90. The molecule has 124 valence electrons. The van der Waals surface area contributed by atoms with Gasteiger partial charge in [0, 0.05) is 11.3 Å². The highest BCUT2D eigenvalue weighted by molar-refractivity contribution is 6.05. The van der Waals surface area contributed by atoms with Gasteiger partial charge in [-0.3, -0.25) is 4.79 Å². The minimum Gasteiger partial charge on any atom is -0.392 e. The van der Waals surface area contributed by atoms with Crippen LogP contribution in [0.2, 0.25) is 0 Å². The number of anilines is 1. The number of amides is 1. The second-order valence-corrected chi connectivity index (χ2v) is 5.12. The van der Waals surface area contributed by atoms with Gasteiger partial charge in [-0.1, -0.05) is 6.07 Å². The van der Waals surface area contributed by atoms with Gasteiger partial charge < -0.3 is 10.4 Å². The van der Waals surface area contributed by atoms with Gasteiger partial charge in [0.05, 0.1) is 23.8 Å². The molecule has 0 aliphatic carbocycles. The van der Waals surface area contributed by atoms with Gasteiger partial charge in [-0.2, -0.15) is 18.4 Å². The molecule has 1 amide bonds. The van der Waals surface area contributed by atoms with Crippen LogP contribution in [0.3, 0.4) is 0 Å². The topological polar surface area (TPSA) is 73.1 Å². The highest BCUT2D eigenvalue weighted by atomic mass is 19.4. The lowest BCUT2D eigenvalue weighted by Crippen LogP contribution is -2.15. The Morgan fingerprint density at radius 2 is 1.96 bits per heavy atom. The number of aliphatic hydroxyl groups is 1. The molecule has 0 aliphatic heterocycles. The Hall–Kier alpha value is -2.85. The highest BCUT2D eigenvalue weighted by Crippen LogP contribution is 2.34. The van der Waals surface area contributed by atoms with Gasteiger partial charge in [0.1, 0.15) is 0 Å². The van der Waals surface area contributed by atoms with Crippen molar-refractivity contribution in [3.63, 3.8) is 0 Å². The number of hydrogen-bond donors (Lipinski definition) is 2. The summed E-state index contributed by atoms with van der Waals surface area (Å²) >= 11 is 0. The van der Waals surface area contributed by atoms with Crippen molar-refractivity contribution >= 4 is 11.6 Å². The van der Waals surface area contributed by atoms with Crippen LogP contribution in [-0.4, -0.2) is 11.0 Å². The quantitative estimate of drug-likeness (QED) is 0.900. The van der Waals surface area contributed by atoms with E-state index in [-0.39, 0.29) is 16.8 Å². The van der Waals surface area contributed by atoms with E-state index in [1.165, 1.54) is 24.3 Å². The Bertz CT molecular complexity index is 824. The van der Waals surface area contributed by atoms with Crippen LogP contribution in [0.15, 0.2) is 36.4 Å². The molecule has 0 bridgehead atoms. The first-order chi connectivity index (χ1) is 11.3. The van der Waals surface area contributed by atoms with E-state index in [0.717, 1.165) is 12.1 Å². The van der Waals surface area contributed by atoms with Crippen LogP contribution in [0.5, 0.6) is 0 Å². The van der Waals surface area contributed by atoms with E-state index >= 15 is 0 Å². The number of aliphatic hydroxyl groups excluding tert-OH is 1. The predicted molar refractivity (Wildman–Crippen MR) is 81.2 cm³/mol. The fraction of sp³-hybridized carbons (Fsp3) is 0.176. The van der Waals surface area contributed by atoms with E-state index in [1.807, 2.05) is 6.07 Å². The van der Waals surface area contributed by atoms with E-state index in [4.69, 9.17) is 10.4 Å². The molecule has 0 fully saturated rings. The number of carbonyl (C=O) groups is 1. The van der Waals surface area contributed by atoms with Gasteiger partial charge in [0.2, 0.25) is 0 Å². The molecule has 2 rings (SSSR count). The van der Waals surface area contributed by atoms with E-state index in [0.29, 0.717) is 11.1 Å². The summed E-state index contributed by atoms with van der Waals surface area (Å²) in [4.78, 5) is 12.2. The zero-order valence-corrected chi connectivity index (χ0v) is 12.6. The third-order valence-corrected chi connectivity index (χ3v) is 3.44. The molecule has 2 aromatic rings. The summed E-state index contributed by atoms with van der Waals surface area (Å²) in [7, 11) is 0. The van der Waals surface area contributed by atoms with Crippen molar-refractivity contribution in [1.82, 2.24) is 0 Å². The van der Waals surface area contributed by atoms with Crippen LogP contribution in [0.1, 0.15) is 32.6 Å². The summed E-state index contributed by atoms with van der Waals surface area (Å²) in [5.41, 5.74) is -0.123. The Morgan fingerprint density at radius 1 is 1.25 bits per heavy atom. The molecule has 7 heteroatoms. The summed E-state index contributed by atoms with van der Waals surface area (Å²) in [6.07, 6.45) is -4.64. The first-order valence-corrected chi connectivity index (χ1v) is 6.89. The minimum absolute atomic E-state index is 0.0340. The minimum atomic E-state index is -4.64. The maximum Gasteiger partial charge on any atom is 0.416 e. The molecular weight excluding hydrogens is 321 g/mol. The predicted octanol–water partition coefficient (Wildman–Crippen LogP) is 3.63. The van der Waals surface area contributed by atoms with Crippen LogP contribution < -0.4 is 5.32 Å². The van der Waals surface area contributed by atoms with Crippen LogP contribution in [-0.2, 0) is 12.8 Å². The number of carbonyl (C=O) groups excluding carboxylic acids is 1. The second kappa shape index (κ2) is 6.72. The van der Waals surface area contributed by atoms with Crippen molar-refractivity contribution in [3.05, 3.63) is 64.2 Å². The first-order valence-electron chi connectivity index (χ1n) is 6.89. The van der Waals surface area contributed by atoms with Gasteiger partial charge >= 0.3 is 6.18 Å². The third kappa shape index (κ3) is 3.73. The molecule has 2 N–H and O–H groups in total. The summed E-state index contributed by atoms with van der Waals surface area (Å²) in [6.45, 7) is 0.879. The number of rotatable bonds is 3. The van der Waals surface area contributed by atoms with Gasteiger partial charge in [0.25, 0.3) is 5.91 Å². The maximum atomic E-state index is 13.0. The largest absolute Gasteiger partial charge is 0.416 e. The summed E-state index contributed by atoms with van der Waals surface area (Å²) in [6, 6.07) is 9.54. The normalized spacial score (nSPS) is 11.0. The number of nitrogens with zero attached hydrogens (tertiary/aromatic N) is 1. The van der Waals surface area contributed by atoms with Gasteiger partial charge in [0.15, 0.2) is 0 Å². The molecule has 0 atom stereocenters. The third-order valence-electron chi connectivity index (χ3n) is 3.44. The van der Waals surface area contributed by atoms with Crippen molar-refractivity contribution in [2.75, 3.05) is 5.32 Å². The zero-order valence-electron chi connectivity index (χ0n) is 12.6. The number of aryl methyl sites for hydroxylation is 1. The number of nitriles is 1. The standard InChI is InChI=1S/C17H13F3N2O2/c1-10-6-11(8-21)2-5-14(10)16(24)22-13-4-3-12(9-23)15(7-13)17(18,19)20/h2-7,23H,9H2,1H3,(H,22,24). The zero-order chi connectivity index (χ0) is 17.9. The van der Waals surface area contributed by atoms with E-state index in [2.05, 4.69) is 5.32 Å². The fourth-order valence-electron chi connectivity index (χ4n) is 2.24. The van der Waals surface area contributed by atoms with E-state index in [1.54, 1.807) is 6.92 Å². The number of halogens is 3. The van der Waals surface area contributed by atoms with Crippen LogP contribution in [0.25, 0.3) is 0 Å². The van der Waals surface area contributed by atoms with Gasteiger partial charge in [-0.05, 0) is 48.4 Å². The van der Waals surface area contributed by atoms with Crippen molar-refractivity contribution < 1.29 is 23.1 Å². The lowest BCUT2D eigenvalue weighted by atomic mass is 10.0. The monoisotopic (exact) mass is 334 g/mol. The van der Waals surface area contributed by atoms with E-state index in [9.17, 15) is 18.0 Å². The average Bonchev–Trinajstić information content (AvgIpc) is 2.53. The molecular formula is C17H13F3N2O2. The molecule has 0 aromatic heterocycles. The van der Waals surface area contributed by atoms with Crippen molar-refractivity contribution in [3.8, 4) is 6.07 Å². The smallest absolute Gasteiger partial charge is 0.392 e. The summed E-state index contributed by atoms with van der Waals surface area (Å²) in [5.74, 6) is -0.582. The number of nitrogens with one attached hydrogen (secondary N) is 1. The molecule has 0 saturated carbocycles. The molecule has 0 unspecified atom stereocenters.